The molecule has 0 saturated carbocycles. The first-order valence-electron chi connectivity index (χ1n) is 14.6. The van der Waals surface area contributed by atoms with Crippen LogP contribution in [0.5, 0.6) is 17.2 Å². The number of nitrogens with two attached hydrogens (primary N) is 1. The summed E-state index contributed by atoms with van der Waals surface area (Å²) in [6.45, 7) is 3.56. The van der Waals surface area contributed by atoms with Crippen molar-refractivity contribution in [2.45, 2.75) is 63.7 Å². The minimum atomic E-state index is -1.31. The Labute approximate surface area is 261 Å². The number of phenolic OH excluding ortho intramolecular Hbond substituents is 3. The van der Waals surface area contributed by atoms with Gasteiger partial charge in [-0.15, -0.1) is 0 Å². The number of carbonyl (C=O) groups is 4. The number of nitrogens with one attached hydrogen (secondary N) is 3. The monoisotopic (exact) mass is 620 g/mol. The van der Waals surface area contributed by atoms with Crippen molar-refractivity contribution >= 4 is 23.7 Å². The van der Waals surface area contributed by atoms with Crippen LogP contribution in [0.15, 0.2) is 72.8 Å². The highest BCUT2D eigenvalue weighted by Gasteiger charge is 2.33. The summed E-state index contributed by atoms with van der Waals surface area (Å²) < 4.78 is 0. The standard InChI is InChI=1S/C33H40N4O8/c1-3-19(2)29(32(43)36-28(33(44)45)18-22-8-14-25(40)15-9-22)37-31(42)27(17-21-6-12-24(39)13-7-21)35-30(41)26(34)16-20-4-10-23(38)11-5-20/h4-15,19,26-29,38-40H,3,16-18,34H2,1-2H3,(H,35,41)(H,36,43)(H,37,42)(H,44,45). The van der Waals surface area contributed by atoms with E-state index in [1.54, 1.807) is 43.3 Å². The zero-order valence-electron chi connectivity index (χ0n) is 25.1. The van der Waals surface area contributed by atoms with Gasteiger partial charge in [0.15, 0.2) is 0 Å². The van der Waals surface area contributed by atoms with Crippen LogP contribution >= 0.6 is 0 Å². The van der Waals surface area contributed by atoms with E-state index in [1.807, 2.05) is 6.92 Å². The highest BCUT2D eigenvalue weighted by Crippen LogP contribution is 2.16. The lowest BCUT2D eigenvalue weighted by molar-refractivity contribution is -0.142. The van der Waals surface area contributed by atoms with Gasteiger partial charge in [-0.1, -0.05) is 56.7 Å². The van der Waals surface area contributed by atoms with Gasteiger partial charge in [0, 0.05) is 12.8 Å². The van der Waals surface area contributed by atoms with E-state index < -0.39 is 53.8 Å². The van der Waals surface area contributed by atoms with Gasteiger partial charge in [0.05, 0.1) is 6.04 Å². The molecule has 240 valence electrons. The van der Waals surface area contributed by atoms with Gasteiger partial charge in [-0.2, -0.15) is 0 Å². The van der Waals surface area contributed by atoms with E-state index in [1.165, 1.54) is 36.4 Å². The van der Waals surface area contributed by atoms with Crippen LogP contribution in [0.2, 0.25) is 0 Å². The number of hydrogen-bond acceptors (Lipinski definition) is 8. The second-order valence-corrected chi connectivity index (χ2v) is 11.1. The smallest absolute Gasteiger partial charge is 0.326 e. The van der Waals surface area contributed by atoms with E-state index in [9.17, 15) is 39.6 Å². The molecule has 5 unspecified atom stereocenters. The number of carboxylic acids is 1. The Morgan fingerprint density at radius 1 is 0.622 bits per heavy atom. The molecule has 3 aromatic rings. The molecule has 5 atom stereocenters. The zero-order chi connectivity index (χ0) is 33.1. The SMILES string of the molecule is CCC(C)C(NC(=O)C(Cc1ccc(O)cc1)NC(=O)C(N)Cc1ccc(O)cc1)C(=O)NC(Cc1ccc(O)cc1)C(=O)O. The number of aromatic hydroxyl groups is 3. The number of rotatable bonds is 15. The van der Waals surface area contributed by atoms with Crippen LogP contribution in [0, 0.1) is 5.92 Å². The van der Waals surface area contributed by atoms with E-state index in [0.717, 1.165) is 0 Å². The van der Waals surface area contributed by atoms with Gasteiger partial charge in [-0.25, -0.2) is 4.79 Å². The maximum atomic E-state index is 13.7. The quantitative estimate of drug-likeness (QED) is 0.124. The summed E-state index contributed by atoms with van der Waals surface area (Å²) in [5.74, 6) is -3.58. The first-order valence-corrected chi connectivity index (χ1v) is 14.6. The largest absolute Gasteiger partial charge is 0.508 e. The van der Waals surface area contributed by atoms with E-state index in [4.69, 9.17) is 5.73 Å². The van der Waals surface area contributed by atoms with Gasteiger partial charge in [-0.05, 0) is 65.4 Å². The second-order valence-electron chi connectivity index (χ2n) is 11.1. The number of carboxylic acid groups (broad SMARTS) is 1. The molecule has 12 heteroatoms. The first-order chi connectivity index (χ1) is 21.4. The van der Waals surface area contributed by atoms with Gasteiger partial charge in [0.25, 0.3) is 0 Å². The lowest BCUT2D eigenvalue weighted by Crippen LogP contribution is -2.59. The van der Waals surface area contributed by atoms with Crippen LogP contribution in [0.1, 0.15) is 37.0 Å². The summed E-state index contributed by atoms with van der Waals surface area (Å²) in [6, 6.07) is 13.6. The summed E-state index contributed by atoms with van der Waals surface area (Å²) in [5, 5.41) is 46.4. The maximum absolute atomic E-state index is 13.7. The fourth-order valence-corrected chi connectivity index (χ4v) is 4.62. The molecule has 0 bridgehead atoms. The zero-order valence-corrected chi connectivity index (χ0v) is 25.1. The molecule has 45 heavy (non-hydrogen) atoms. The Kier molecular flexibility index (Phi) is 12.3. The molecule has 0 aliphatic heterocycles. The molecule has 0 spiro atoms. The van der Waals surface area contributed by atoms with Gasteiger partial charge < -0.3 is 42.1 Å². The third-order valence-corrected chi connectivity index (χ3v) is 7.52. The molecular formula is C33H40N4O8. The van der Waals surface area contributed by atoms with Crippen LogP contribution in [0.4, 0.5) is 0 Å². The minimum absolute atomic E-state index is 0.0111. The fraction of sp³-hybridized carbons (Fsp3) is 0.333. The lowest BCUT2D eigenvalue weighted by Gasteiger charge is -2.28. The van der Waals surface area contributed by atoms with Crippen molar-refractivity contribution in [1.82, 2.24) is 16.0 Å². The molecule has 0 aliphatic rings. The average Bonchev–Trinajstić information content (AvgIpc) is 3.01. The van der Waals surface area contributed by atoms with E-state index in [2.05, 4.69) is 16.0 Å². The summed E-state index contributed by atoms with van der Waals surface area (Å²) in [7, 11) is 0. The van der Waals surface area contributed by atoms with Crippen molar-refractivity contribution in [2.24, 2.45) is 11.7 Å². The molecule has 0 radical (unpaired) electrons. The van der Waals surface area contributed by atoms with Crippen molar-refractivity contribution in [1.29, 1.82) is 0 Å². The highest BCUT2D eigenvalue weighted by molar-refractivity contribution is 5.94. The van der Waals surface area contributed by atoms with Crippen LogP contribution in [-0.2, 0) is 38.4 Å². The van der Waals surface area contributed by atoms with Gasteiger partial charge in [0.1, 0.15) is 35.4 Å². The predicted octanol–water partition coefficient (Wildman–Crippen LogP) is 1.74. The number of amides is 3. The summed E-state index contributed by atoms with van der Waals surface area (Å²) in [5.41, 5.74) is 8.04. The molecular weight excluding hydrogens is 580 g/mol. The topological polar surface area (TPSA) is 211 Å². The molecule has 0 saturated heterocycles. The van der Waals surface area contributed by atoms with Crippen molar-refractivity contribution in [3.05, 3.63) is 89.5 Å². The Bertz CT molecular complexity index is 1450. The van der Waals surface area contributed by atoms with Crippen LogP contribution < -0.4 is 21.7 Å². The predicted molar refractivity (Wildman–Crippen MR) is 166 cm³/mol. The van der Waals surface area contributed by atoms with Crippen LogP contribution in [0.3, 0.4) is 0 Å². The third kappa shape index (κ3) is 10.5. The number of hydrogen-bond donors (Lipinski definition) is 8. The number of phenols is 3. The maximum Gasteiger partial charge on any atom is 0.326 e. The molecule has 0 fully saturated rings. The van der Waals surface area contributed by atoms with Crippen LogP contribution in [-0.4, -0.2) is 68.3 Å². The van der Waals surface area contributed by atoms with Crippen molar-refractivity contribution in [3.8, 4) is 17.2 Å². The highest BCUT2D eigenvalue weighted by atomic mass is 16.4. The fourth-order valence-electron chi connectivity index (χ4n) is 4.62. The van der Waals surface area contributed by atoms with Crippen molar-refractivity contribution < 1.29 is 39.6 Å². The summed E-state index contributed by atoms with van der Waals surface area (Å²) in [6.07, 6.45) is 0.563. The van der Waals surface area contributed by atoms with Crippen LogP contribution in [0.25, 0.3) is 0 Å². The Morgan fingerprint density at radius 3 is 1.44 bits per heavy atom. The average molecular weight is 621 g/mol. The van der Waals surface area contributed by atoms with E-state index in [0.29, 0.717) is 23.1 Å². The molecule has 9 N–H and O–H groups in total. The Morgan fingerprint density at radius 2 is 1.02 bits per heavy atom. The van der Waals surface area contributed by atoms with Gasteiger partial charge >= 0.3 is 5.97 Å². The van der Waals surface area contributed by atoms with Crippen molar-refractivity contribution in [3.63, 3.8) is 0 Å². The Balaban J connectivity index is 1.78. The molecule has 12 nitrogen and oxygen atoms in total. The first kappa shape index (κ1) is 34.4. The summed E-state index contributed by atoms with van der Waals surface area (Å²) >= 11 is 0. The molecule has 0 aliphatic carbocycles. The number of benzene rings is 3. The third-order valence-electron chi connectivity index (χ3n) is 7.52. The molecule has 3 rings (SSSR count). The normalized spacial score (nSPS) is 14.3. The second kappa shape index (κ2) is 16.1. The molecule has 3 aromatic carbocycles. The van der Waals surface area contributed by atoms with E-state index in [-0.39, 0.29) is 36.5 Å². The minimum Gasteiger partial charge on any atom is -0.508 e. The molecule has 3 amide bonds. The lowest BCUT2D eigenvalue weighted by atomic mass is 9.96. The van der Waals surface area contributed by atoms with Gasteiger partial charge in [0.2, 0.25) is 17.7 Å². The molecule has 0 heterocycles. The number of aliphatic carboxylic acids is 1. The number of carbonyl (C=O) groups excluding carboxylic acids is 3. The molecule has 0 aromatic heterocycles. The van der Waals surface area contributed by atoms with Crippen molar-refractivity contribution in [2.75, 3.05) is 0 Å². The summed E-state index contributed by atoms with van der Waals surface area (Å²) in [4.78, 5) is 52.3. The van der Waals surface area contributed by atoms with Gasteiger partial charge in [-0.3, -0.25) is 14.4 Å². The van der Waals surface area contributed by atoms with E-state index >= 15 is 0 Å². The Hall–Kier alpha value is -5.10.